The normalized spacial score (nSPS) is 16.6. The Labute approximate surface area is 162 Å². The van der Waals surface area contributed by atoms with Crippen LogP contribution in [0.2, 0.25) is 0 Å². The summed E-state index contributed by atoms with van der Waals surface area (Å²) in [4.78, 5) is 6.86. The maximum Gasteiger partial charge on any atom is 0.191 e. The minimum absolute atomic E-state index is 0. The zero-order chi connectivity index (χ0) is 16.7. The minimum atomic E-state index is 0. The number of aliphatic imine (C=N–C) groups is 1. The van der Waals surface area contributed by atoms with Gasteiger partial charge in [-0.1, -0.05) is 18.5 Å². The molecule has 0 bridgehead atoms. The third-order valence-electron chi connectivity index (χ3n) is 4.52. The van der Waals surface area contributed by atoms with E-state index < -0.39 is 0 Å². The van der Waals surface area contributed by atoms with Crippen molar-refractivity contribution in [2.45, 2.75) is 58.5 Å². The summed E-state index contributed by atoms with van der Waals surface area (Å²) in [5, 5.41) is 10.7. The van der Waals surface area contributed by atoms with Crippen LogP contribution in [-0.2, 0) is 13.0 Å². The number of piperidine rings is 1. The summed E-state index contributed by atoms with van der Waals surface area (Å²) in [5.74, 6) is 1.63. The highest BCUT2D eigenvalue weighted by molar-refractivity contribution is 14.0. The molecule has 7 heteroatoms. The number of rotatable bonds is 6. The lowest BCUT2D eigenvalue weighted by molar-refractivity contribution is 0.0982. The van der Waals surface area contributed by atoms with Crippen LogP contribution in [0.25, 0.3) is 0 Å². The van der Waals surface area contributed by atoms with Crippen molar-refractivity contribution >= 4 is 29.9 Å². The highest BCUT2D eigenvalue weighted by atomic mass is 127. The Hall–Kier alpha value is -0.830. The predicted octanol–water partition coefficient (Wildman–Crippen LogP) is 2.78. The lowest BCUT2D eigenvalue weighted by atomic mass is 9.98. The molecular weight excluding hydrogens is 417 g/mol. The quantitative estimate of drug-likeness (QED) is 0.397. The largest absolute Gasteiger partial charge is 0.359 e. The fraction of sp³-hybridized carbons (Fsp3) is 0.765. The average molecular weight is 449 g/mol. The van der Waals surface area contributed by atoms with Crippen LogP contribution in [0, 0.1) is 0 Å². The molecule has 6 nitrogen and oxygen atoms in total. The number of guanidine groups is 1. The molecule has 1 aromatic rings. The van der Waals surface area contributed by atoms with E-state index in [1.54, 1.807) is 7.05 Å². The van der Waals surface area contributed by atoms with Gasteiger partial charge in [0.05, 0.1) is 12.2 Å². The van der Waals surface area contributed by atoms with Gasteiger partial charge in [0, 0.05) is 25.2 Å². The van der Waals surface area contributed by atoms with Crippen molar-refractivity contribution in [1.29, 1.82) is 0 Å². The highest BCUT2D eigenvalue weighted by Crippen LogP contribution is 2.19. The number of aryl methyl sites for hydroxylation is 1. The molecule has 0 aliphatic carbocycles. The van der Waals surface area contributed by atoms with E-state index in [0.717, 1.165) is 30.4 Å². The fourth-order valence-electron chi connectivity index (χ4n) is 2.91. The molecule has 0 aromatic carbocycles. The van der Waals surface area contributed by atoms with Gasteiger partial charge in [0.2, 0.25) is 0 Å². The molecule has 2 rings (SSSR count). The van der Waals surface area contributed by atoms with Gasteiger partial charge in [-0.2, -0.15) is 0 Å². The SMILES string of the molecule is CCc1cc(CNC(=NC)NCC(C)(C)N2CCCCC2)on1.I. The molecule has 138 valence electrons. The van der Waals surface area contributed by atoms with E-state index in [4.69, 9.17) is 4.52 Å². The van der Waals surface area contributed by atoms with Gasteiger partial charge in [0.25, 0.3) is 0 Å². The fourth-order valence-corrected chi connectivity index (χ4v) is 2.91. The summed E-state index contributed by atoms with van der Waals surface area (Å²) < 4.78 is 5.29. The average Bonchev–Trinajstić information content (AvgIpc) is 3.04. The first kappa shape index (κ1) is 21.2. The van der Waals surface area contributed by atoms with Gasteiger partial charge < -0.3 is 15.2 Å². The van der Waals surface area contributed by atoms with E-state index in [9.17, 15) is 0 Å². The van der Waals surface area contributed by atoms with Gasteiger partial charge in [0.1, 0.15) is 0 Å². The van der Waals surface area contributed by atoms with Gasteiger partial charge >= 0.3 is 0 Å². The molecule has 1 aliphatic rings. The summed E-state index contributed by atoms with van der Waals surface area (Å²) in [7, 11) is 1.79. The van der Waals surface area contributed by atoms with Crippen LogP contribution in [-0.4, -0.2) is 48.2 Å². The molecule has 24 heavy (non-hydrogen) atoms. The monoisotopic (exact) mass is 449 g/mol. The van der Waals surface area contributed by atoms with Crippen molar-refractivity contribution in [3.63, 3.8) is 0 Å². The van der Waals surface area contributed by atoms with E-state index >= 15 is 0 Å². The number of hydrogen-bond acceptors (Lipinski definition) is 4. The molecule has 2 heterocycles. The van der Waals surface area contributed by atoms with Crippen molar-refractivity contribution in [3.05, 3.63) is 17.5 Å². The molecule has 0 amide bonds. The van der Waals surface area contributed by atoms with Crippen LogP contribution in [0.3, 0.4) is 0 Å². The maximum absolute atomic E-state index is 5.29. The van der Waals surface area contributed by atoms with Crippen LogP contribution < -0.4 is 10.6 Å². The third-order valence-corrected chi connectivity index (χ3v) is 4.52. The number of hydrogen-bond donors (Lipinski definition) is 2. The van der Waals surface area contributed by atoms with E-state index in [-0.39, 0.29) is 29.5 Å². The van der Waals surface area contributed by atoms with Gasteiger partial charge in [-0.25, -0.2) is 0 Å². The second kappa shape index (κ2) is 10.2. The Morgan fingerprint density at radius 2 is 2.00 bits per heavy atom. The van der Waals surface area contributed by atoms with E-state index in [2.05, 4.69) is 46.5 Å². The Balaban J connectivity index is 0.00000288. The zero-order valence-electron chi connectivity index (χ0n) is 15.4. The first-order chi connectivity index (χ1) is 11.0. The lowest BCUT2D eigenvalue weighted by Crippen LogP contribution is -2.54. The second-order valence-electron chi connectivity index (χ2n) is 6.78. The first-order valence-electron chi connectivity index (χ1n) is 8.69. The van der Waals surface area contributed by atoms with Crippen molar-refractivity contribution in [2.75, 3.05) is 26.7 Å². The van der Waals surface area contributed by atoms with E-state index in [1.807, 2.05) is 6.07 Å². The third kappa shape index (κ3) is 6.23. The summed E-state index contributed by atoms with van der Waals surface area (Å²) in [6, 6.07) is 1.98. The molecular formula is C17H32IN5O. The first-order valence-corrected chi connectivity index (χ1v) is 8.69. The number of likely N-dealkylation sites (tertiary alicyclic amines) is 1. The van der Waals surface area contributed by atoms with Crippen LogP contribution in [0.1, 0.15) is 51.5 Å². The number of aromatic nitrogens is 1. The molecule has 0 radical (unpaired) electrons. The molecule has 0 spiro atoms. The molecule has 2 N–H and O–H groups in total. The molecule has 1 aliphatic heterocycles. The van der Waals surface area contributed by atoms with Gasteiger partial charge in [0.15, 0.2) is 11.7 Å². The number of halogens is 1. The zero-order valence-corrected chi connectivity index (χ0v) is 17.7. The van der Waals surface area contributed by atoms with Crippen molar-refractivity contribution in [1.82, 2.24) is 20.7 Å². The van der Waals surface area contributed by atoms with Gasteiger partial charge in [-0.05, 0) is 46.2 Å². The molecule has 1 fully saturated rings. The Bertz CT molecular complexity index is 509. The standard InChI is InChI=1S/C17H31N5O.HI/c1-5-14-11-15(23-21-14)12-19-16(18-4)20-13-17(2,3)22-9-7-6-8-10-22;/h11H,5-10,12-13H2,1-4H3,(H2,18,19,20);1H. The topological polar surface area (TPSA) is 65.7 Å². The maximum atomic E-state index is 5.29. The number of nitrogens with zero attached hydrogens (tertiary/aromatic N) is 3. The number of nitrogens with one attached hydrogen (secondary N) is 2. The highest BCUT2D eigenvalue weighted by Gasteiger charge is 2.27. The minimum Gasteiger partial charge on any atom is -0.359 e. The van der Waals surface area contributed by atoms with Crippen LogP contribution in [0.4, 0.5) is 0 Å². The van der Waals surface area contributed by atoms with Crippen molar-refractivity contribution < 1.29 is 4.52 Å². The second-order valence-corrected chi connectivity index (χ2v) is 6.78. The van der Waals surface area contributed by atoms with E-state index in [0.29, 0.717) is 6.54 Å². The molecule has 0 unspecified atom stereocenters. The van der Waals surface area contributed by atoms with Crippen LogP contribution >= 0.6 is 24.0 Å². The van der Waals surface area contributed by atoms with Crippen LogP contribution in [0.15, 0.2) is 15.6 Å². The van der Waals surface area contributed by atoms with Crippen molar-refractivity contribution in [2.24, 2.45) is 4.99 Å². The molecule has 0 saturated carbocycles. The van der Waals surface area contributed by atoms with Crippen LogP contribution in [0.5, 0.6) is 0 Å². The smallest absolute Gasteiger partial charge is 0.191 e. The van der Waals surface area contributed by atoms with Gasteiger partial charge in [-0.3, -0.25) is 9.89 Å². The predicted molar refractivity (Wildman–Crippen MR) is 109 cm³/mol. The summed E-state index contributed by atoms with van der Waals surface area (Å²) >= 11 is 0. The Kier molecular flexibility index (Phi) is 9.04. The lowest BCUT2D eigenvalue weighted by Gasteiger charge is -2.41. The Morgan fingerprint density at radius 3 is 2.58 bits per heavy atom. The molecule has 1 aromatic heterocycles. The van der Waals surface area contributed by atoms with Crippen molar-refractivity contribution in [3.8, 4) is 0 Å². The molecule has 0 atom stereocenters. The summed E-state index contributed by atoms with van der Waals surface area (Å²) in [5.41, 5.74) is 1.11. The summed E-state index contributed by atoms with van der Waals surface area (Å²) in [6.07, 6.45) is 4.87. The Morgan fingerprint density at radius 1 is 1.29 bits per heavy atom. The van der Waals surface area contributed by atoms with Gasteiger partial charge in [-0.15, -0.1) is 24.0 Å². The molecule has 1 saturated heterocycles. The van der Waals surface area contributed by atoms with E-state index in [1.165, 1.54) is 32.4 Å². The summed E-state index contributed by atoms with van der Waals surface area (Å²) in [6.45, 7) is 10.5.